The monoisotopic (exact) mass is 265 g/mol. The molecule has 0 aliphatic heterocycles. The van der Waals surface area contributed by atoms with E-state index in [1.165, 1.54) is 12.8 Å². The van der Waals surface area contributed by atoms with Crippen LogP contribution in [-0.4, -0.2) is 17.8 Å². The summed E-state index contributed by atoms with van der Waals surface area (Å²) in [5, 5.41) is 3.31. The molecule has 0 radical (unpaired) electrons. The standard InChI is InChI=1S/C15H20ClNO/c1-11-4-2-6-13(8-11)15(18)17-10-12-5-3-7-14(16)9-12/h2,4,6,8,12,14H,3,5,7,9-10H2,1H3,(H,17,18). The summed E-state index contributed by atoms with van der Waals surface area (Å²) >= 11 is 6.15. The van der Waals surface area contributed by atoms with Gasteiger partial charge in [-0.05, 0) is 44.2 Å². The average Bonchev–Trinajstić information content (AvgIpc) is 2.36. The third kappa shape index (κ3) is 3.74. The second kappa shape index (κ2) is 6.24. The molecule has 1 fully saturated rings. The Kier molecular flexibility index (Phi) is 4.65. The van der Waals surface area contributed by atoms with E-state index in [0.717, 1.165) is 30.5 Å². The normalized spacial score (nSPS) is 23.7. The maximum Gasteiger partial charge on any atom is 0.251 e. The molecule has 0 bridgehead atoms. The van der Waals surface area contributed by atoms with E-state index in [2.05, 4.69) is 5.32 Å². The zero-order valence-electron chi connectivity index (χ0n) is 10.8. The van der Waals surface area contributed by atoms with E-state index in [-0.39, 0.29) is 5.91 Å². The van der Waals surface area contributed by atoms with Crippen molar-refractivity contribution >= 4 is 17.5 Å². The van der Waals surface area contributed by atoms with Crippen LogP contribution >= 0.6 is 11.6 Å². The summed E-state index contributed by atoms with van der Waals surface area (Å²) in [6, 6.07) is 7.68. The number of alkyl halides is 1. The van der Waals surface area contributed by atoms with Gasteiger partial charge in [-0.3, -0.25) is 4.79 Å². The van der Waals surface area contributed by atoms with Gasteiger partial charge in [0.15, 0.2) is 0 Å². The predicted molar refractivity (Wildman–Crippen MR) is 75.1 cm³/mol. The fourth-order valence-electron chi connectivity index (χ4n) is 2.54. The van der Waals surface area contributed by atoms with Crippen LogP contribution in [0.3, 0.4) is 0 Å². The molecule has 0 spiro atoms. The van der Waals surface area contributed by atoms with E-state index in [9.17, 15) is 4.79 Å². The number of benzene rings is 1. The molecule has 1 aromatic rings. The predicted octanol–water partition coefficient (Wildman–Crippen LogP) is 3.52. The van der Waals surface area contributed by atoms with E-state index in [1.54, 1.807) is 0 Å². The summed E-state index contributed by atoms with van der Waals surface area (Å²) in [6.07, 6.45) is 4.50. The summed E-state index contributed by atoms with van der Waals surface area (Å²) < 4.78 is 0. The molecule has 2 unspecified atom stereocenters. The lowest BCUT2D eigenvalue weighted by Crippen LogP contribution is -2.32. The minimum Gasteiger partial charge on any atom is -0.352 e. The van der Waals surface area contributed by atoms with Crippen molar-refractivity contribution in [1.82, 2.24) is 5.32 Å². The van der Waals surface area contributed by atoms with Crippen molar-refractivity contribution in [2.24, 2.45) is 5.92 Å². The Morgan fingerprint density at radius 3 is 3.00 bits per heavy atom. The van der Waals surface area contributed by atoms with E-state index < -0.39 is 0 Å². The first-order chi connectivity index (χ1) is 8.65. The van der Waals surface area contributed by atoms with Gasteiger partial charge in [0.2, 0.25) is 0 Å². The minimum atomic E-state index is 0.0235. The van der Waals surface area contributed by atoms with Gasteiger partial charge < -0.3 is 5.32 Å². The number of hydrogen-bond acceptors (Lipinski definition) is 1. The van der Waals surface area contributed by atoms with Crippen molar-refractivity contribution in [1.29, 1.82) is 0 Å². The van der Waals surface area contributed by atoms with E-state index in [0.29, 0.717) is 11.3 Å². The fourth-order valence-corrected chi connectivity index (χ4v) is 2.94. The number of rotatable bonds is 3. The average molecular weight is 266 g/mol. The first-order valence-corrected chi connectivity index (χ1v) is 7.07. The Balaban J connectivity index is 1.84. The Morgan fingerprint density at radius 2 is 2.28 bits per heavy atom. The summed E-state index contributed by atoms with van der Waals surface area (Å²) in [5.41, 5.74) is 1.86. The highest BCUT2D eigenvalue weighted by Crippen LogP contribution is 2.27. The number of aryl methyl sites for hydroxylation is 1. The van der Waals surface area contributed by atoms with Crippen molar-refractivity contribution in [3.05, 3.63) is 35.4 Å². The van der Waals surface area contributed by atoms with Crippen molar-refractivity contribution in [3.63, 3.8) is 0 Å². The Bertz CT molecular complexity index is 419. The molecule has 0 heterocycles. The lowest BCUT2D eigenvalue weighted by molar-refractivity contribution is 0.0943. The highest BCUT2D eigenvalue weighted by Gasteiger charge is 2.20. The highest BCUT2D eigenvalue weighted by atomic mass is 35.5. The van der Waals surface area contributed by atoms with Crippen LogP contribution in [0.5, 0.6) is 0 Å². The first kappa shape index (κ1) is 13.4. The van der Waals surface area contributed by atoms with Gasteiger partial charge in [-0.1, -0.05) is 24.1 Å². The largest absolute Gasteiger partial charge is 0.352 e. The quantitative estimate of drug-likeness (QED) is 0.833. The Morgan fingerprint density at radius 1 is 1.44 bits per heavy atom. The van der Waals surface area contributed by atoms with Gasteiger partial charge in [-0.15, -0.1) is 11.6 Å². The summed E-state index contributed by atoms with van der Waals surface area (Å²) in [7, 11) is 0. The van der Waals surface area contributed by atoms with Crippen LogP contribution in [0.15, 0.2) is 24.3 Å². The van der Waals surface area contributed by atoms with E-state index in [1.807, 2.05) is 31.2 Å². The van der Waals surface area contributed by atoms with Crippen molar-refractivity contribution in [2.45, 2.75) is 38.0 Å². The molecule has 1 aromatic carbocycles. The van der Waals surface area contributed by atoms with Gasteiger partial charge in [0.25, 0.3) is 5.91 Å². The minimum absolute atomic E-state index is 0.0235. The number of hydrogen-bond donors (Lipinski definition) is 1. The third-order valence-electron chi connectivity index (χ3n) is 3.55. The van der Waals surface area contributed by atoms with Crippen LogP contribution in [0, 0.1) is 12.8 Å². The molecule has 1 aliphatic carbocycles. The summed E-state index contributed by atoms with van der Waals surface area (Å²) in [4.78, 5) is 12.0. The van der Waals surface area contributed by atoms with Crippen molar-refractivity contribution < 1.29 is 4.79 Å². The zero-order valence-corrected chi connectivity index (χ0v) is 11.5. The van der Waals surface area contributed by atoms with Gasteiger partial charge in [0.1, 0.15) is 0 Å². The van der Waals surface area contributed by atoms with Gasteiger partial charge in [-0.2, -0.15) is 0 Å². The molecule has 0 saturated heterocycles. The molecule has 2 atom stereocenters. The molecule has 98 valence electrons. The SMILES string of the molecule is Cc1cccc(C(=O)NCC2CCCC(Cl)C2)c1. The lowest BCUT2D eigenvalue weighted by atomic mass is 9.89. The topological polar surface area (TPSA) is 29.1 Å². The number of carbonyl (C=O) groups excluding carboxylic acids is 1. The maximum atomic E-state index is 12.0. The fraction of sp³-hybridized carbons (Fsp3) is 0.533. The molecular formula is C15H20ClNO. The highest BCUT2D eigenvalue weighted by molar-refractivity contribution is 6.20. The van der Waals surface area contributed by atoms with Gasteiger partial charge in [0, 0.05) is 17.5 Å². The molecule has 1 amide bonds. The van der Waals surface area contributed by atoms with Crippen LogP contribution in [0.25, 0.3) is 0 Å². The molecule has 2 nitrogen and oxygen atoms in total. The Labute approximate surface area is 114 Å². The molecule has 1 aliphatic rings. The number of halogens is 1. The molecule has 1 N–H and O–H groups in total. The van der Waals surface area contributed by atoms with Crippen molar-refractivity contribution in [3.8, 4) is 0 Å². The molecule has 18 heavy (non-hydrogen) atoms. The molecule has 0 aromatic heterocycles. The van der Waals surface area contributed by atoms with E-state index in [4.69, 9.17) is 11.6 Å². The summed E-state index contributed by atoms with van der Waals surface area (Å²) in [6.45, 7) is 2.74. The number of nitrogens with one attached hydrogen (secondary N) is 1. The Hall–Kier alpha value is -1.02. The molecular weight excluding hydrogens is 246 g/mol. The molecule has 1 saturated carbocycles. The van der Waals surface area contributed by atoms with Gasteiger partial charge in [-0.25, -0.2) is 0 Å². The van der Waals surface area contributed by atoms with Crippen molar-refractivity contribution in [2.75, 3.05) is 6.54 Å². The molecule has 2 rings (SSSR count). The van der Waals surface area contributed by atoms with E-state index >= 15 is 0 Å². The molecule has 3 heteroatoms. The second-order valence-corrected chi connectivity index (χ2v) is 5.83. The summed E-state index contributed by atoms with van der Waals surface area (Å²) in [5.74, 6) is 0.561. The maximum absolute atomic E-state index is 12.0. The van der Waals surface area contributed by atoms with Crippen LogP contribution < -0.4 is 5.32 Å². The smallest absolute Gasteiger partial charge is 0.251 e. The number of carbonyl (C=O) groups is 1. The van der Waals surface area contributed by atoms with Gasteiger partial charge >= 0.3 is 0 Å². The third-order valence-corrected chi connectivity index (χ3v) is 3.95. The van der Waals surface area contributed by atoms with Crippen LogP contribution in [0.4, 0.5) is 0 Å². The first-order valence-electron chi connectivity index (χ1n) is 6.64. The van der Waals surface area contributed by atoms with Crippen LogP contribution in [0.1, 0.15) is 41.6 Å². The second-order valence-electron chi connectivity index (χ2n) is 5.21. The number of amides is 1. The lowest BCUT2D eigenvalue weighted by Gasteiger charge is -2.25. The zero-order chi connectivity index (χ0) is 13.0. The van der Waals surface area contributed by atoms with Crippen LogP contribution in [-0.2, 0) is 0 Å². The van der Waals surface area contributed by atoms with Crippen LogP contribution in [0.2, 0.25) is 0 Å². The van der Waals surface area contributed by atoms with Gasteiger partial charge in [0.05, 0.1) is 0 Å².